The van der Waals surface area contributed by atoms with Crippen molar-refractivity contribution in [1.29, 1.82) is 5.26 Å². The van der Waals surface area contributed by atoms with E-state index in [4.69, 9.17) is 21.6 Å². The molecule has 4 nitrogen and oxygen atoms in total. The zero-order chi connectivity index (χ0) is 13.7. The number of rotatable bonds is 4. The predicted molar refractivity (Wildman–Crippen MR) is 74.8 cm³/mol. The molecular weight excluding hydrogens is 284 g/mol. The summed E-state index contributed by atoms with van der Waals surface area (Å²) >= 11 is 7.17. The number of benzene rings is 1. The predicted octanol–water partition coefficient (Wildman–Crippen LogP) is 3.56. The molecule has 1 heterocycles. The van der Waals surface area contributed by atoms with Gasteiger partial charge >= 0.3 is 0 Å². The van der Waals surface area contributed by atoms with Crippen LogP contribution in [0.2, 0.25) is 5.02 Å². The Balaban J connectivity index is 2.02. The number of amides is 1. The fourth-order valence-corrected chi connectivity index (χ4v) is 2.43. The van der Waals surface area contributed by atoms with Crippen LogP contribution in [0, 0.1) is 11.3 Å². The van der Waals surface area contributed by atoms with E-state index in [1.165, 1.54) is 11.3 Å². The summed E-state index contributed by atoms with van der Waals surface area (Å²) in [7, 11) is 0. The number of nitrogens with zero attached hydrogens (tertiary/aromatic N) is 1. The first-order chi connectivity index (χ1) is 9.20. The summed E-state index contributed by atoms with van der Waals surface area (Å²) < 4.78 is 5.11. The van der Waals surface area contributed by atoms with Crippen molar-refractivity contribution in [3.8, 4) is 11.8 Å². The Morgan fingerprint density at radius 3 is 2.68 bits per heavy atom. The summed E-state index contributed by atoms with van der Waals surface area (Å²) in [6.07, 6.45) is 0. The molecule has 1 amide bonds. The second kappa shape index (κ2) is 6.23. The molecule has 2 aromatic rings. The molecule has 0 aliphatic heterocycles. The van der Waals surface area contributed by atoms with E-state index in [2.05, 4.69) is 5.32 Å². The maximum atomic E-state index is 11.9. The topological polar surface area (TPSA) is 62.1 Å². The van der Waals surface area contributed by atoms with E-state index in [0.717, 1.165) is 0 Å². The number of thiophene rings is 1. The van der Waals surface area contributed by atoms with E-state index in [0.29, 0.717) is 21.3 Å². The normalized spacial score (nSPS) is 9.68. The molecule has 0 bridgehead atoms. The Morgan fingerprint density at radius 2 is 2.11 bits per heavy atom. The monoisotopic (exact) mass is 292 g/mol. The zero-order valence-corrected chi connectivity index (χ0v) is 11.3. The third-order valence-corrected chi connectivity index (χ3v) is 3.58. The van der Waals surface area contributed by atoms with E-state index in [1.807, 2.05) is 6.07 Å². The van der Waals surface area contributed by atoms with Crippen molar-refractivity contribution in [3.05, 3.63) is 45.6 Å². The van der Waals surface area contributed by atoms with Crippen molar-refractivity contribution in [2.75, 3.05) is 11.9 Å². The first kappa shape index (κ1) is 13.4. The molecule has 0 radical (unpaired) electrons. The van der Waals surface area contributed by atoms with Crippen LogP contribution < -0.4 is 10.1 Å². The molecule has 1 aromatic carbocycles. The molecule has 2 rings (SSSR count). The number of carbonyl (C=O) groups is 1. The van der Waals surface area contributed by atoms with Crippen LogP contribution in [0.5, 0.6) is 5.75 Å². The minimum atomic E-state index is -0.245. The van der Waals surface area contributed by atoms with Crippen LogP contribution in [-0.2, 0) is 0 Å². The van der Waals surface area contributed by atoms with Gasteiger partial charge in [-0.1, -0.05) is 11.6 Å². The van der Waals surface area contributed by atoms with Gasteiger partial charge in [0.1, 0.15) is 16.7 Å². The molecule has 96 valence electrons. The average Bonchev–Trinajstić information content (AvgIpc) is 2.84. The molecule has 0 aliphatic rings. The first-order valence-electron chi connectivity index (χ1n) is 5.35. The third kappa shape index (κ3) is 3.47. The van der Waals surface area contributed by atoms with Crippen LogP contribution in [-0.4, -0.2) is 12.5 Å². The van der Waals surface area contributed by atoms with Crippen LogP contribution >= 0.6 is 22.9 Å². The minimum absolute atomic E-state index is 0.00346. The van der Waals surface area contributed by atoms with Gasteiger partial charge in [0.2, 0.25) is 0 Å². The lowest BCUT2D eigenvalue weighted by Gasteiger charge is -2.05. The van der Waals surface area contributed by atoms with Gasteiger partial charge in [0.25, 0.3) is 5.91 Å². The van der Waals surface area contributed by atoms with E-state index < -0.39 is 0 Å². The second-order valence-electron chi connectivity index (χ2n) is 3.52. The van der Waals surface area contributed by atoms with Gasteiger partial charge in [0.15, 0.2) is 6.61 Å². The van der Waals surface area contributed by atoms with Gasteiger partial charge in [-0.25, -0.2) is 0 Å². The first-order valence-corrected chi connectivity index (χ1v) is 6.60. The molecule has 0 spiro atoms. The Kier molecular flexibility index (Phi) is 4.39. The van der Waals surface area contributed by atoms with E-state index in [9.17, 15) is 4.79 Å². The summed E-state index contributed by atoms with van der Waals surface area (Å²) in [6, 6.07) is 10.3. The molecule has 0 atom stereocenters. The van der Waals surface area contributed by atoms with E-state index in [1.54, 1.807) is 35.7 Å². The molecular formula is C13H9ClN2O2S. The number of hydrogen-bond acceptors (Lipinski definition) is 4. The molecule has 0 unspecified atom stereocenters. The van der Waals surface area contributed by atoms with Gasteiger partial charge < -0.3 is 10.1 Å². The Morgan fingerprint density at radius 1 is 1.37 bits per heavy atom. The highest BCUT2D eigenvalue weighted by molar-refractivity contribution is 7.12. The lowest BCUT2D eigenvalue weighted by molar-refractivity contribution is 0.103. The number of carbonyl (C=O) groups excluding carboxylic acids is 1. The SMILES string of the molecule is N#CCOc1ccc(NC(=O)c2sccc2Cl)cc1. The van der Waals surface area contributed by atoms with Gasteiger partial charge in [-0.05, 0) is 35.7 Å². The van der Waals surface area contributed by atoms with Crippen molar-refractivity contribution in [1.82, 2.24) is 0 Å². The van der Waals surface area contributed by atoms with Crippen molar-refractivity contribution in [2.24, 2.45) is 0 Å². The van der Waals surface area contributed by atoms with Gasteiger partial charge in [0, 0.05) is 5.69 Å². The van der Waals surface area contributed by atoms with E-state index >= 15 is 0 Å². The molecule has 19 heavy (non-hydrogen) atoms. The van der Waals surface area contributed by atoms with Gasteiger partial charge in [-0.2, -0.15) is 5.26 Å². The molecule has 0 saturated carbocycles. The van der Waals surface area contributed by atoms with Gasteiger partial charge in [0.05, 0.1) is 5.02 Å². The zero-order valence-electron chi connectivity index (χ0n) is 9.72. The van der Waals surface area contributed by atoms with Crippen LogP contribution in [0.25, 0.3) is 0 Å². The van der Waals surface area contributed by atoms with Crippen LogP contribution in [0.1, 0.15) is 9.67 Å². The number of ether oxygens (including phenoxy) is 1. The standard InChI is InChI=1S/C13H9ClN2O2S/c14-11-5-8-19-12(11)13(17)16-9-1-3-10(4-2-9)18-7-6-15/h1-5,8H,7H2,(H,16,17). The summed E-state index contributed by atoms with van der Waals surface area (Å²) in [5.41, 5.74) is 0.638. The van der Waals surface area contributed by atoms with Crippen molar-refractivity contribution < 1.29 is 9.53 Å². The fraction of sp³-hybridized carbons (Fsp3) is 0.0769. The highest BCUT2D eigenvalue weighted by atomic mass is 35.5. The van der Waals surface area contributed by atoms with Crippen LogP contribution in [0.3, 0.4) is 0 Å². The fourth-order valence-electron chi connectivity index (χ4n) is 1.39. The Labute approximate surface area is 119 Å². The summed E-state index contributed by atoms with van der Waals surface area (Å²) in [4.78, 5) is 12.4. The number of halogens is 1. The average molecular weight is 293 g/mol. The van der Waals surface area contributed by atoms with Crippen LogP contribution in [0.4, 0.5) is 5.69 Å². The highest BCUT2D eigenvalue weighted by Gasteiger charge is 2.11. The van der Waals surface area contributed by atoms with Crippen molar-refractivity contribution >= 4 is 34.5 Å². The van der Waals surface area contributed by atoms with E-state index in [-0.39, 0.29) is 12.5 Å². The molecule has 1 N–H and O–H groups in total. The molecule has 0 fully saturated rings. The number of hydrogen-bond donors (Lipinski definition) is 1. The van der Waals surface area contributed by atoms with Gasteiger partial charge in [-0.3, -0.25) is 4.79 Å². The summed E-state index contributed by atoms with van der Waals surface area (Å²) in [6.45, 7) is -0.00346. The summed E-state index contributed by atoms with van der Waals surface area (Å²) in [5, 5.41) is 13.3. The number of nitriles is 1. The minimum Gasteiger partial charge on any atom is -0.479 e. The Bertz CT molecular complexity index is 616. The Hall–Kier alpha value is -2.03. The smallest absolute Gasteiger partial charge is 0.267 e. The molecule has 1 aromatic heterocycles. The largest absolute Gasteiger partial charge is 0.479 e. The second-order valence-corrected chi connectivity index (χ2v) is 4.85. The lowest BCUT2D eigenvalue weighted by atomic mass is 10.3. The third-order valence-electron chi connectivity index (χ3n) is 2.24. The molecule has 0 saturated heterocycles. The number of anilines is 1. The van der Waals surface area contributed by atoms with Crippen molar-refractivity contribution in [3.63, 3.8) is 0 Å². The quantitative estimate of drug-likeness (QED) is 0.937. The maximum Gasteiger partial charge on any atom is 0.267 e. The lowest BCUT2D eigenvalue weighted by Crippen LogP contribution is -2.10. The highest BCUT2D eigenvalue weighted by Crippen LogP contribution is 2.23. The van der Waals surface area contributed by atoms with Gasteiger partial charge in [-0.15, -0.1) is 11.3 Å². The molecule has 0 aliphatic carbocycles. The summed E-state index contributed by atoms with van der Waals surface area (Å²) in [5.74, 6) is 0.333. The van der Waals surface area contributed by atoms with Crippen molar-refractivity contribution in [2.45, 2.75) is 0 Å². The maximum absolute atomic E-state index is 11.9. The van der Waals surface area contributed by atoms with Crippen LogP contribution in [0.15, 0.2) is 35.7 Å². The number of nitrogens with one attached hydrogen (secondary N) is 1. The molecule has 6 heteroatoms.